The molecule has 0 aliphatic carbocycles. The molecule has 7 heteroatoms. The van der Waals surface area contributed by atoms with Gasteiger partial charge in [0.1, 0.15) is 5.82 Å². The van der Waals surface area contributed by atoms with E-state index in [9.17, 15) is 9.18 Å². The van der Waals surface area contributed by atoms with Gasteiger partial charge in [-0.3, -0.25) is 4.79 Å². The molecular formula is C15H17FN2O3S. The van der Waals surface area contributed by atoms with E-state index in [-0.39, 0.29) is 29.7 Å². The number of thioether (sulfide) groups is 1. The highest BCUT2D eigenvalue weighted by atomic mass is 32.2. The molecule has 22 heavy (non-hydrogen) atoms. The first-order valence-corrected chi connectivity index (χ1v) is 8.17. The van der Waals surface area contributed by atoms with Gasteiger partial charge in [0.15, 0.2) is 11.5 Å². The number of hydrogen-bond acceptors (Lipinski definition) is 5. The van der Waals surface area contributed by atoms with Gasteiger partial charge in [-0.1, -0.05) is 17.3 Å². The van der Waals surface area contributed by atoms with Gasteiger partial charge in [0.05, 0.1) is 5.56 Å². The minimum absolute atomic E-state index is 0.00913. The third-order valence-corrected chi connectivity index (χ3v) is 3.80. The fourth-order valence-electron chi connectivity index (χ4n) is 1.98. The molecule has 2 aromatic rings. The second-order valence-electron chi connectivity index (χ2n) is 4.69. The van der Waals surface area contributed by atoms with E-state index in [1.54, 1.807) is 30.0 Å². The first kappa shape index (κ1) is 16.5. The predicted molar refractivity (Wildman–Crippen MR) is 83.2 cm³/mol. The zero-order valence-corrected chi connectivity index (χ0v) is 12.9. The normalized spacial score (nSPS) is 12.1. The van der Waals surface area contributed by atoms with Crippen molar-refractivity contribution >= 4 is 17.7 Å². The van der Waals surface area contributed by atoms with Gasteiger partial charge in [0.2, 0.25) is 0 Å². The van der Waals surface area contributed by atoms with Crippen LogP contribution in [-0.2, 0) is 0 Å². The summed E-state index contributed by atoms with van der Waals surface area (Å²) in [7, 11) is 0. The summed E-state index contributed by atoms with van der Waals surface area (Å²) < 4.78 is 18.7. The standard InChI is InChI=1S/C15H17FN2O3S/c1-22-9-10(6-7-19)17-15(20)13-8-14(21-18-13)11-4-2-3-5-12(11)16/h2-5,8,10,19H,6-7,9H2,1H3,(H,17,20). The molecule has 0 saturated carbocycles. The van der Waals surface area contributed by atoms with Crippen molar-refractivity contribution in [2.75, 3.05) is 18.6 Å². The lowest BCUT2D eigenvalue weighted by Gasteiger charge is -2.15. The highest BCUT2D eigenvalue weighted by Gasteiger charge is 2.18. The lowest BCUT2D eigenvalue weighted by molar-refractivity contribution is 0.0926. The van der Waals surface area contributed by atoms with Crippen molar-refractivity contribution in [1.29, 1.82) is 0 Å². The Morgan fingerprint density at radius 1 is 1.50 bits per heavy atom. The van der Waals surface area contributed by atoms with Crippen molar-refractivity contribution in [2.24, 2.45) is 0 Å². The molecule has 1 atom stereocenters. The second-order valence-corrected chi connectivity index (χ2v) is 5.60. The first-order chi connectivity index (χ1) is 10.7. The van der Waals surface area contributed by atoms with Crippen molar-refractivity contribution in [3.8, 4) is 11.3 Å². The first-order valence-electron chi connectivity index (χ1n) is 6.78. The zero-order valence-electron chi connectivity index (χ0n) is 12.1. The van der Waals surface area contributed by atoms with Crippen LogP contribution in [0.15, 0.2) is 34.9 Å². The third kappa shape index (κ3) is 4.08. The summed E-state index contributed by atoms with van der Waals surface area (Å²) in [4.78, 5) is 12.1. The molecule has 0 aliphatic rings. The van der Waals surface area contributed by atoms with E-state index in [1.165, 1.54) is 12.1 Å². The maximum absolute atomic E-state index is 13.7. The van der Waals surface area contributed by atoms with Crippen LogP contribution in [0.3, 0.4) is 0 Å². The average Bonchev–Trinajstić information content (AvgIpc) is 2.98. The van der Waals surface area contributed by atoms with Gasteiger partial charge in [0.25, 0.3) is 5.91 Å². The molecule has 1 aromatic heterocycles. The molecule has 1 unspecified atom stereocenters. The number of hydrogen-bond donors (Lipinski definition) is 2. The molecule has 1 heterocycles. The van der Waals surface area contributed by atoms with E-state index >= 15 is 0 Å². The van der Waals surface area contributed by atoms with Gasteiger partial charge in [-0.05, 0) is 24.8 Å². The summed E-state index contributed by atoms with van der Waals surface area (Å²) in [6, 6.07) is 7.37. The summed E-state index contributed by atoms with van der Waals surface area (Å²) in [6.45, 7) is -0.00913. The number of benzene rings is 1. The van der Waals surface area contributed by atoms with Gasteiger partial charge in [-0.2, -0.15) is 11.8 Å². The van der Waals surface area contributed by atoms with Crippen molar-refractivity contribution in [3.05, 3.63) is 41.8 Å². The highest BCUT2D eigenvalue weighted by Crippen LogP contribution is 2.23. The number of aromatic nitrogens is 1. The van der Waals surface area contributed by atoms with Crippen LogP contribution in [0.2, 0.25) is 0 Å². The Hall–Kier alpha value is -1.86. The number of amides is 1. The molecule has 2 N–H and O–H groups in total. The molecule has 0 spiro atoms. The molecule has 1 amide bonds. The fraction of sp³-hybridized carbons (Fsp3) is 0.333. The Morgan fingerprint density at radius 3 is 2.95 bits per heavy atom. The molecule has 1 aromatic carbocycles. The number of rotatable bonds is 7. The monoisotopic (exact) mass is 324 g/mol. The minimum atomic E-state index is -0.439. The van der Waals surface area contributed by atoms with Crippen molar-refractivity contribution in [2.45, 2.75) is 12.5 Å². The largest absolute Gasteiger partial charge is 0.396 e. The van der Waals surface area contributed by atoms with Gasteiger partial charge < -0.3 is 14.9 Å². The molecule has 0 radical (unpaired) electrons. The van der Waals surface area contributed by atoms with Gasteiger partial charge in [0, 0.05) is 24.5 Å². The van der Waals surface area contributed by atoms with Gasteiger partial charge >= 0.3 is 0 Å². The lowest BCUT2D eigenvalue weighted by Crippen LogP contribution is -2.37. The summed E-state index contributed by atoms with van der Waals surface area (Å²) in [6.07, 6.45) is 2.38. The van der Waals surface area contributed by atoms with Crippen LogP contribution >= 0.6 is 11.8 Å². The highest BCUT2D eigenvalue weighted by molar-refractivity contribution is 7.98. The van der Waals surface area contributed by atoms with Crippen LogP contribution in [0.5, 0.6) is 0 Å². The molecule has 0 saturated heterocycles. The molecule has 118 valence electrons. The molecule has 5 nitrogen and oxygen atoms in total. The van der Waals surface area contributed by atoms with Crippen LogP contribution in [0, 0.1) is 5.82 Å². The van der Waals surface area contributed by atoms with E-state index < -0.39 is 11.7 Å². The molecule has 2 rings (SSSR count). The number of nitrogens with zero attached hydrogens (tertiary/aromatic N) is 1. The van der Waals surface area contributed by atoms with Crippen LogP contribution < -0.4 is 5.32 Å². The maximum Gasteiger partial charge on any atom is 0.273 e. The number of carbonyl (C=O) groups is 1. The van der Waals surface area contributed by atoms with Crippen molar-refractivity contribution < 1.29 is 18.8 Å². The van der Waals surface area contributed by atoms with E-state index in [0.717, 1.165) is 0 Å². The second kappa shape index (κ2) is 7.95. The quantitative estimate of drug-likeness (QED) is 0.817. The van der Waals surface area contributed by atoms with Crippen LogP contribution in [0.4, 0.5) is 4.39 Å². The Balaban J connectivity index is 2.10. The number of aliphatic hydroxyl groups excluding tert-OH is 1. The van der Waals surface area contributed by atoms with Crippen LogP contribution in [-0.4, -0.2) is 40.8 Å². The SMILES string of the molecule is CSCC(CCO)NC(=O)c1cc(-c2ccccc2F)on1. The number of aliphatic hydroxyl groups is 1. The molecular weight excluding hydrogens is 307 g/mol. The molecule has 0 aliphatic heterocycles. The number of carbonyl (C=O) groups excluding carboxylic acids is 1. The molecule has 0 bridgehead atoms. The van der Waals surface area contributed by atoms with Crippen molar-refractivity contribution in [3.63, 3.8) is 0 Å². The predicted octanol–water partition coefficient (Wildman–Crippen LogP) is 2.32. The summed E-state index contributed by atoms with van der Waals surface area (Å²) >= 11 is 1.57. The van der Waals surface area contributed by atoms with Gasteiger partial charge in [-0.25, -0.2) is 4.39 Å². The average molecular weight is 324 g/mol. The smallest absolute Gasteiger partial charge is 0.273 e. The van der Waals surface area contributed by atoms with E-state index in [0.29, 0.717) is 12.2 Å². The Morgan fingerprint density at radius 2 is 2.27 bits per heavy atom. The number of halogens is 1. The lowest BCUT2D eigenvalue weighted by atomic mass is 10.1. The maximum atomic E-state index is 13.7. The van der Waals surface area contributed by atoms with E-state index in [1.807, 2.05) is 6.26 Å². The van der Waals surface area contributed by atoms with Gasteiger partial charge in [-0.15, -0.1) is 0 Å². The van der Waals surface area contributed by atoms with Crippen LogP contribution in [0.25, 0.3) is 11.3 Å². The summed E-state index contributed by atoms with van der Waals surface area (Å²) in [5, 5.41) is 15.5. The Bertz CT molecular complexity index is 627. The Kier molecular flexibility index (Phi) is 5.97. The fourth-order valence-corrected chi connectivity index (χ4v) is 2.64. The molecule has 0 fully saturated rings. The number of nitrogens with one attached hydrogen (secondary N) is 1. The third-order valence-electron chi connectivity index (χ3n) is 3.06. The summed E-state index contributed by atoms with van der Waals surface area (Å²) in [5.41, 5.74) is 0.340. The Labute approximate surface area is 131 Å². The van der Waals surface area contributed by atoms with E-state index in [4.69, 9.17) is 9.63 Å². The van der Waals surface area contributed by atoms with E-state index in [2.05, 4.69) is 10.5 Å². The summed E-state index contributed by atoms with van der Waals surface area (Å²) in [5.74, 6) is 0.0430. The zero-order chi connectivity index (χ0) is 15.9. The van der Waals surface area contributed by atoms with Crippen LogP contribution in [0.1, 0.15) is 16.9 Å². The topological polar surface area (TPSA) is 75.4 Å². The van der Waals surface area contributed by atoms with Crippen molar-refractivity contribution in [1.82, 2.24) is 10.5 Å². The minimum Gasteiger partial charge on any atom is -0.396 e.